The number of ether oxygens (including phenoxy) is 2. The van der Waals surface area contributed by atoms with Gasteiger partial charge in [0.1, 0.15) is 5.78 Å². The first-order chi connectivity index (χ1) is 7.07. The molecule has 15 heavy (non-hydrogen) atoms. The van der Waals surface area contributed by atoms with Gasteiger partial charge in [0.15, 0.2) is 0 Å². The number of hydrogen-bond donors (Lipinski definition) is 0. The molecule has 0 radical (unpaired) electrons. The molecular formula is C11H18O4. The molecule has 0 aliphatic rings. The van der Waals surface area contributed by atoms with E-state index in [0.29, 0.717) is 19.6 Å². The van der Waals surface area contributed by atoms with Gasteiger partial charge >= 0.3 is 5.97 Å². The number of esters is 1. The Balaban J connectivity index is 3.54. The van der Waals surface area contributed by atoms with Gasteiger partial charge in [-0.05, 0) is 6.92 Å². The lowest BCUT2D eigenvalue weighted by Crippen LogP contribution is -2.09. The van der Waals surface area contributed by atoms with Crippen LogP contribution in [0.4, 0.5) is 0 Å². The third-order valence-electron chi connectivity index (χ3n) is 1.70. The molecule has 0 heterocycles. The van der Waals surface area contributed by atoms with Crippen molar-refractivity contribution in [2.24, 2.45) is 5.92 Å². The van der Waals surface area contributed by atoms with E-state index in [4.69, 9.17) is 4.74 Å². The summed E-state index contributed by atoms with van der Waals surface area (Å²) in [6, 6.07) is 0. The molecule has 0 aliphatic heterocycles. The maximum absolute atomic E-state index is 11.1. The van der Waals surface area contributed by atoms with E-state index in [1.54, 1.807) is 6.92 Å². The maximum atomic E-state index is 11.1. The summed E-state index contributed by atoms with van der Waals surface area (Å²) in [5, 5.41) is 0. The Labute approximate surface area is 90.2 Å². The third-order valence-corrected chi connectivity index (χ3v) is 1.70. The number of hydrogen-bond acceptors (Lipinski definition) is 4. The van der Waals surface area contributed by atoms with Crippen LogP contribution in [-0.2, 0) is 19.1 Å². The third kappa shape index (κ3) is 7.73. The highest BCUT2D eigenvalue weighted by Crippen LogP contribution is 1.98. The quantitative estimate of drug-likeness (QED) is 0.280. The van der Waals surface area contributed by atoms with E-state index in [9.17, 15) is 9.59 Å². The highest BCUT2D eigenvalue weighted by Gasteiger charge is 2.05. The van der Waals surface area contributed by atoms with E-state index in [-0.39, 0.29) is 11.7 Å². The van der Waals surface area contributed by atoms with Crippen molar-refractivity contribution in [3.63, 3.8) is 0 Å². The van der Waals surface area contributed by atoms with Gasteiger partial charge in [0.2, 0.25) is 0 Å². The van der Waals surface area contributed by atoms with Gasteiger partial charge in [-0.1, -0.05) is 13.8 Å². The first-order valence-electron chi connectivity index (χ1n) is 5.05. The van der Waals surface area contributed by atoms with Crippen LogP contribution in [-0.4, -0.2) is 25.0 Å². The van der Waals surface area contributed by atoms with Gasteiger partial charge < -0.3 is 9.47 Å². The Bertz CT molecular complexity index is 231. The molecule has 0 spiro atoms. The molecule has 0 unspecified atom stereocenters. The zero-order valence-electron chi connectivity index (χ0n) is 9.49. The SMILES string of the molecule is CCOC(=O)C=COCCC(=O)C(C)C. The number of ketones is 1. The molecule has 0 amide bonds. The van der Waals surface area contributed by atoms with Crippen LogP contribution in [0, 0.1) is 5.92 Å². The van der Waals surface area contributed by atoms with Crippen LogP contribution in [0.3, 0.4) is 0 Å². The molecule has 0 atom stereocenters. The fourth-order valence-electron chi connectivity index (χ4n) is 0.810. The molecule has 0 saturated heterocycles. The van der Waals surface area contributed by atoms with Crippen LogP contribution in [0.15, 0.2) is 12.3 Å². The lowest BCUT2D eigenvalue weighted by Gasteiger charge is -2.03. The zero-order chi connectivity index (χ0) is 11.7. The fourth-order valence-corrected chi connectivity index (χ4v) is 0.810. The first-order valence-corrected chi connectivity index (χ1v) is 5.05. The van der Waals surface area contributed by atoms with Crippen LogP contribution < -0.4 is 0 Å². The van der Waals surface area contributed by atoms with Gasteiger partial charge in [0.05, 0.1) is 25.6 Å². The minimum atomic E-state index is -0.437. The molecule has 0 aliphatic carbocycles. The van der Waals surface area contributed by atoms with Gasteiger partial charge in [0, 0.05) is 12.3 Å². The minimum absolute atomic E-state index is 0.0302. The topological polar surface area (TPSA) is 52.6 Å². The summed E-state index contributed by atoms with van der Waals surface area (Å²) in [7, 11) is 0. The van der Waals surface area contributed by atoms with Crippen molar-refractivity contribution in [2.75, 3.05) is 13.2 Å². The van der Waals surface area contributed by atoms with Crippen LogP contribution >= 0.6 is 0 Å². The van der Waals surface area contributed by atoms with Crippen molar-refractivity contribution < 1.29 is 19.1 Å². The van der Waals surface area contributed by atoms with Crippen LogP contribution in [0.1, 0.15) is 27.2 Å². The molecule has 0 aromatic carbocycles. The summed E-state index contributed by atoms with van der Waals surface area (Å²) in [5.74, 6) is -0.255. The summed E-state index contributed by atoms with van der Waals surface area (Å²) < 4.78 is 9.60. The normalized spacial score (nSPS) is 10.7. The van der Waals surface area contributed by atoms with Crippen LogP contribution in [0.2, 0.25) is 0 Å². The molecule has 0 fully saturated rings. The summed E-state index contributed by atoms with van der Waals surface area (Å²) >= 11 is 0. The molecule has 0 aromatic rings. The predicted molar refractivity (Wildman–Crippen MR) is 56.2 cm³/mol. The lowest BCUT2D eigenvalue weighted by atomic mass is 10.1. The van der Waals surface area contributed by atoms with E-state index >= 15 is 0 Å². The van der Waals surface area contributed by atoms with E-state index in [0.717, 1.165) is 0 Å². The summed E-state index contributed by atoms with van der Waals surface area (Å²) in [4.78, 5) is 21.9. The average molecular weight is 214 g/mol. The molecular weight excluding hydrogens is 196 g/mol. The number of carbonyl (C=O) groups is 2. The fraction of sp³-hybridized carbons (Fsp3) is 0.636. The van der Waals surface area contributed by atoms with Gasteiger partial charge in [-0.3, -0.25) is 4.79 Å². The molecule has 0 bridgehead atoms. The Hall–Kier alpha value is -1.32. The van der Waals surface area contributed by atoms with Crippen molar-refractivity contribution in [1.82, 2.24) is 0 Å². The van der Waals surface area contributed by atoms with E-state index < -0.39 is 5.97 Å². The standard InChI is InChI=1S/C11H18O4/c1-4-15-11(13)6-8-14-7-5-10(12)9(2)3/h6,8-9H,4-5,7H2,1-3H3. The maximum Gasteiger partial charge on any atom is 0.333 e. The van der Waals surface area contributed by atoms with Gasteiger partial charge in [0.25, 0.3) is 0 Å². The predicted octanol–water partition coefficient (Wildman–Crippen LogP) is 1.70. The van der Waals surface area contributed by atoms with Crippen LogP contribution in [0.5, 0.6) is 0 Å². The van der Waals surface area contributed by atoms with Crippen molar-refractivity contribution in [1.29, 1.82) is 0 Å². The van der Waals surface area contributed by atoms with Crippen molar-refractivity contribution >= 4 is 11.8 Å². The van der Waals surface area contributed by atoms with Gasteiger partial charge in [-0.2, -0.15) is 0 Å². The monoisotopic (exact) mass is 214 g/mol. The van der Waals surface area contributed by atoms with E-state index in [2.05, 4.69) is 4.74 Å². The Morgan fingerprint density at radius 3 is 2.53 bits per heavy atom. The van der Waals surface area contributed by atoms with Crippen LogP contribution in [0.25, 0.3) is 0 Å². The highest BCUT2D eigenvalue weighted by atomic mass is 16.5. The minimum Gasteiger partial charge on any atom is -0.500 e. The smallest absolute Gasteiger partial charge is 0.333 e. The summed E-state index contributed by atoms with van der Waals surface area (Å²) in [6.07, 6.45) is 2.82. The molecule has 0 aromatic heterocycles. The van der Waals surface area contributed by atoms with Crippen molar-refractivity contribution in [2.45, 2.75) is 27.2 Å². The molecule has 0 N–H and O–H groups in total. The van der Waals surface area contributed by atoms with Gasteiger partial charge in [-0.15, -0.1) is 0 Å². The Kier molecular flexibility index (Phi) is 7.32. The molecule has 4 nitrogen and oxygen atoms in total. The lowest BCUT2D eigenvalue weighted by molar-refractivity contribution is -0.137. The van der Waals surface area contributed by atoms with E-state index in [1.165, 1.54) is 12.3 Å². The molecule has 4 heteroatoms. The Morgan fingerprint density at radius 2 is 2.00 bits per heavy atom. The second-order valence-corrected chi connectivity index (χ2v) is 3.30. The van der Waals surface area contributed by atoms with Gasteiger partial charge in [-0.25, -0.2) is 4.79 Å². The molecule has 0 rings (SSSR count). The van der Waals surface area contributed by atoms with E-state index in [1.807, 2.05) is 13.8 Å². The number of carbonyl (C=O) groups excluding carboxylic acids is 2. The molecule has 86 valence electrons. The average Bonchev–Trinajstić information content (AvgIpc) is 2.17. The second-order valence-electron chi connectivity index (χ2n) is 3.30. The number of rotatable bonds is 7. The molecule has 0 saturated carbocycles. The largest absolute Gasteiger partial charge is 0.500 e. The second kappa shape index (κ2) is 8.03. The van der Waals surface area contributed by atoms with Crippen molar-refractivity contribution in [3.05, 3.63) is 12.3 Å². The van der Waals surface area contributed by atoms with Crippen molar-refractivity contribution in [3.8, 4) is 0 Å². The zero-order valence-corrected chi connectivity index (χ0v) is 9.49. The first kappa shape index (κ1) is 13.7. The Morgan fingerprint density at radius 1 is 1.33 bits per heavy atom. The number of Topliss-reactive ketones (excluding diaryl/α,β-unsaturated/α-hetero) is 1. The summed E-state index contributed by atoms with van der Waals surface area (Å²) in [5.41, 5.74) is 0. The highest BCUT2D eigenvalue weighted by molar-refractivity contribution is 5.81. The summed E-state index contributed by atoms with van der Waals surface area (Å²) in [6.45, 7) is 6.06.